The van der Waals surface area contributed by atoms with Crippen LogP contribution >= 0.6 is 34.4 Å². The maximum absolute atomic E-state index is 13.1. The Morgan fingerprint density at radius 1 is 1.40 bits per heavy atom. The second kappa shape index (κ2) is 11.8. The molecule has 4 rings (SSSR count). The van der Waals surface area contributed by atoms with Gasteiger partial charge in [-0.2, -0.15) is 0 Å². The van der Waals surface area contributed by atoms with E-state index in [1.807, 2.05) is 23.4 Å². The molecule has 14 nitrogen and oxygen atoms in total. The standard InChI is InChI=1S/C23H27N7O7S3/c1-6-37-21(35)16-10(2)29(4)23(40-16)28(3)7-11-8-38-19-14(18(32)30(19)15(11)20(33)34)26-17(31)13(27-36-5)12-9-39-22(24)25-12/h9,14,19H,6-8H2,1-5H3,(H3-,24,25,26,31,33,34)/p+1/b27-13+/t14-,19-/m1/s1. The summed E-state index contributed by atoms with van der Waals surface area (Å²) in [7, 11) is 4.87. The molecule has 2 aromatic heterocycles. The van der Waals surface area contributed by atoms with Gasteiger partial charge in [-0.05, 0) is 25.2 Å². The Balaban J connectivity index is 1.53. The van der Waals surface area contributed by atoms with Gasteiger partial charge in [0.2, 0.25) is 0 Å². The molecule has 0 bridgehead atoms. The number of esters is 1. The number of aliphatic carboxylic acids is 1. The first-order chi connectivity index (χ1) is 19.0. The van der Waals surface area contributed by atoms with E-state index < -0.39 is 35.2 Å². The van der Waals surface area contributed by atoms with Crippen LogP contribution in [0.2, 0.25) is 0 Å². The minimum Gasteiger partial charge on any atom is -0.477 e. The van der Waals surface area contributed by atoms with Gasteiger partial charge in [0.25, 0.3) is 11.8 Å². The molecule has 2 amide bonds. The number of thiazole rings is 2. The number of hydrogen-bond acceptors (Lipinski definition) is 13. The van der Waals surface area contributed by atoms with Gasteiger partial charge in [0.1, 0.15) is 42.2 Å². The number of carboxylic acids is 1. The van der Waals surface area contributed by atoms with Crippen molar-refractivity contribution in [2.24, 2.45) is 12.2 Å². The Morgan fingerprint density at radius 3 is 2.73 bits per heavy atom. The number of β-lactam (4-membered cyclic amide) rings is 1. The van der Waals surface area contributed by atoms with Crippen molar-refractivity contribution in [3.8, 4) is 0 Å². The van der Waals surface area contributed by atoms with Crippen LogP contribution in [0.1, 0.15) is 28.0 Å². The summed E-state index contributed by atoms with van der Waals surface area (Å²) in [5.74, 6) is -2.61. The maximum atomic E-state index is 13.1. The predicted octanol–water partition coefficient (Wildman–Crippen LogP) is 0.322. The number of thioether (sulfide) groups is 1. The SMILES string of the molecule is CCOC(=O)c1sc(N(C)CC2=C(C(=O)O)N3C(=O)[C@@H](NC(=O)/C(=N/OC)c4csc(N)n4)[C@H]3SC2)[n+](C)c1C. The van der Waals surface area contributed by atoms with Gasteiger partial charge >= 0.3 is 17.1 Å². The molecule has 0 unspecified atom stereocenters. The Kier molecular flexibility index (Phi) is 8.65. The highest BCUT2D eigenvalue weighted by Crippen LogP contribution is 2.41. The molecule has 0 radical (unpaired) electrons. The molecule has 0 aromatic carbocycles. The van der Waals surface area contributed by atoms with Crippen LogP contribution in [0, 0.1) is 6.92 Å². The second-order valence-electron chi connectivity index (χ2n) is 8.75. The van der Waals surface area contributed by atoms with Crippen molar-refractivity contribution in [2.45, 2.75) is 25.3 Å². The number of amides is 2. The summed E-state index contributed by atoms with van der Waals surface area (Å²) in [6.07, 6.45) is 0. The lowest BCUT2D eigenvalue weighted by Gasteiger charge is -2.49. The smallest absolute Gasteiger partial charge is 0.352 e. The number of likely N-dealkylation sites (N-methyl/N-ethyl adjacent to an activating group) is 1. The van der Waals surface area contributed by atoms with Crippen LogP contribution in [0.4, 0.5) is 10.3 Å². The first kappa shape index (κ1) is 29.3. The number of rotatable bonds is 10. The lowest BCUT2D eigenvalue weighted by Crippen LogP contribution is -2.71. The van der Waals surface area contributed by atoms with Crippen LogP contribution in [0.25, 0.3) is 0 Å². The molecule has 0 aliphatic carbocycles. The van der Waals surface area contributed by atoms with Gasteiger partial charge in [0.15, 0.2) is 15.7 Å². The minimum atomic E-state index is -1.25. The van der Waals surface area contributed by atoms with E-state index in [4.69, 9.17) is 15.3 Å². The highest BCUT2D eigenvalue weighted by atomic mass is 32.2. The van der Waals surface area contributed by atoms with Crippen LogP contribution in [0.15, 0.2) is 21.8 Å². The maximum Gasteiger partial charge on any atom is 0.352 e. The van der Waals surface area contributed by atoms with E-state index in [0.717, 1.165) is 22.2 Å². The zero-order valence-electron chi connectivity index (χ0n) is 22.3. The number of carbonyl (C=O) groups is 4. The molecule has 1 saturated heterocycles. The van der Waals surface area contributed by atoms with Crippen molar-refractivity contribution >= 4 is 74.2 Å². The number of nitrogens with one attached hydrogen (secondary N) is 1. The number of aromatic nitrogens is 2. The number of carbonyl (C=O) groups excluding carboxylic acids is 3. The monoisotopic (exact) mass is 610 g/mol. The molecule has 2 aromatic rings. The molecule has 2 aliphatic heterocycles. The van der Waals surface area contributed by atoms with Crippen molar-refractivity contribution in [3.05, 3.63) is 32.9 Å². The van der Waals surface area contributed by atoms with Crippen molar-refractivity contribution < 1.29 is 38.4 Å². The summed E-state index contributed by atoms with van der Waals surface area (Å²) in [6.45, 7) is 4.00. The summed E-state index contributed by atoms with van der Waals surface area (Å²) >= 11 is 3.71. The molecular formula is C23H28N7O7S3+. The highest BCUT2D eigenvalue weighted by molar-refractivity contribution is 8.00. The molecule has 2 atom stereocenters. The van der Waals surface area contributed by atoms with Crippen molar-refractivity contribution in [1.29, 1.82) is 0 Å². The number of nitrogens with zero attached hydrogens (tertiary/aromatic N) is 5. The number of anilines is 2. The lowest BCUT2D eigenvalue weighted by molar-refractivity contribution is -0.660. The van der Waals surface area contributed by atoms with E-state index in [0.29, 0.717) is 16.2 Å². The molecule has 2 aliphatic rings. The van der Waals surface area contributed by atoms with Gasteiger partial charge < -0.3 is 25.7 Å². The number of ether oxygens (including phenoxy) is 1. The fourth-order valence-corrected chi connectivity index (χ4v) is 7.30. The number of fused-ring (bicyclic) bond motifs is 1. The first-order valence-electron chi connectivity index (χ1n) is 11.9. The number of hydrogen-bond donors (Lipinski definition) is 3. The average molecular weight is 611 g/mol. The topological polar surface area (TPSA) is 181 Å². The third-order valence-electron chi connectivity index (χ3n) is 6.23. The molecule has 4 N–H and O–H groups in total. The number of nitrogen functional groups attached to an aromatic ring is 1. The molecular weight excluding hydrogens is 582 g/mol. The normalized spacial score (nSPS) is 18.7. The Morgan fingerprint density at radius 2 is 2.12 bits per heavy atom. The Hall–Kier alpha value is -3.70. The summed E-state index contributed by atoms with van der Waals surface area (Å²) in [4.78, 5) is 63.1. The van der Waals surface area contributed by atoms with Crippen LogP contribution < -0.4 is 20.5 Å². The molecule has 0 spiro atoms. The van der Waals surface area contributed by atoms with E-state index in [1.54, 1.807) is 14.0 Å². The fourth-order valence-electron chi connectivity index (χ4n) is 4.31. The number of oxime groups is 1. The summed E-state index contributed by atoms with van der Waals surface area (Å²) in [6, 6.07) is -0.964. The van der Waals surface area contributed by atoms with E-state index in [1.165, 1.54) is 40.5 Å². The van der Waals surface area contributed by atoms with Crippen molar-refractivity contribution in [1.82, 2.24) is 15.2 Å². The Labute approximate surface area is 241 Å². The summed E-state index contributed by atoms with van der Waals surface area (Å²) in [5.41, 5.74) is 6.84. The largest absolute Gasteiger partial charge is 0.477 e. The van der Waals surface area contributed by atoms with E-state index >= 15 is 0 Å². The molecule has 0 saturated carbocycles. The number of carboxylic acid groups (broad SMARTS) is 1. The van der Waals surface area contributed by atoms with Gasteiger partial charge in [0, 0.05) is 16.7 Å². The van der Waals surface area contributed by atoms with Crippen LogP contribution in [-0.4, -0.2) is 88.9 Å². The molecule has 1 fully saturated rings. The summed E-state index contributed by atoms with van der Waals surface area (Å²) < 4.78 is 6.98. The van der Waals surface area contributed by atoms with Crippen LogP contribution in [0.5, 0.6) is 0 Å². The Bertz CT molecular complexity index is 1430. The number of nitrogens with two attached hydrogens (primary N) is 1. The van der Waals surface area contributed by atoms with Crippen LogP contribution in [-0.2, 0) is 31.0 Å². The van der Waals surface area contributed by atoms with Gasteiger partial charge in [-0.25, -0.2) is 19.1 Å². The van der Waals surface area contributed by atoms with Gasteiger partial charge in [-0.15, -0.1) is 23.1 Å². The van der Waals surface area contributed by atoms with E-state index in [9.17, 15) is 24.3 Å². The quantitative estimate of drug-likeness (QED) is 0.111. The van der Waals surface area contributed by atoms with Crippen LogP contribution in [0.3, 0.4) is 0 Å². The van der Waals surface area contributed by atoms with Crippen molar-refractivity contribution in [2.75, 3.05) is 43.7 Å². The average Bonchev–Trinajstić information content (AvgIpc) is 3.47. The zero-order valence-corrected chi connectivity index (χ0v) is 24.7. The van der Waals surface area contributed by atoms with Gasteiger partial charge in [-0.1, -0.05) is 5.16 Å². The van der Waals surface area contributed by atoms with Crippen molar-refractivity contribution in [3.63, 3.8) is 0 Å². The van der Waals surface area contributed by atoms with Gasteiger partial charge in [-0.3, -0.25) is 19.4 Å². The molecule has 40 heavy (non-hydrogen) atoms. The molecule has 4 heterocycles. The van der Waals surface area contributed by atoms with E-state index in [-0.39, 0.29) is 35.4 Å². The minimum absolute atomic E-state index is 0.120. The van der Waals surface area contributed by atoms with Gasteiger partial charge in [0.05, 0.1) is 20.7 Å². The fraction of sp³-hybridized carbons (Fsp3) is 0.435. The van der Waals surface area contributed by atoms with E-state index in [2.05, 4.69) is 15.5 Å². The third kappa shape index (κ3) is 5.35. The third-order valence-corrected chi connectivity index (χ3v) is 9.67. The molecule has 214 valence electrons. The summed E-state index contributed by atoms with van der Waals surface area (Å²) in [5, 5.41) is 18.3. The lowest BCUT2D eigenvalue weighted by atomic mass is 10.0. The second-order valence-corrected chi connectivity index (χ2v) is 11.7. The zero-order chi connectivity index (χ0) is 29.3. The first-order valence-corrected chi connectivity index (χ1v) is 14.7. The highest BCUT2D eigenvalue weighted by Gasteiger charge is 2.54. The predicted molar refractivity (Wildman–Crippen MR) is 149 cm³/mol. The molecule has 17 heteroatoms.